The monoisotopic (exact) mass is 283 g/mol. The molecule has 0 saturated carbocycles. The second kappa shape index (κ2) is 7.56. The average molecular weight is 283 g/mol. The molecule has 0 radical (unpaired) electrons. The van der Waals surface area contributed by atoms with E-state index < -0.39 is 4.92 Å². The SMILES string of the molecule is CCC(C)N(C)CCNc1ncnc(NN)c1[N+](=O)[O-]. The quantitative estimate of drug-likeness (QED) is 0.364. The van der Waals surface area contributed by atoms with Gasteiger partial charge in [-0.05, 0) is 20.4 Å². The van der Waals surface area contributed by atoms with Crippen molar-refractivity contribution in [3.63, 3.8) is 0 Å². The summed E-state index contributed by atoms with van der Waals surface area (Å²) in [7, 11) is 2.01. The van der Waals surface area contributed by atoms with E-state index in [2.05, 4.69) is 39.5 Å². The van der Waals surface area contributed by atoms with Gasteiger partial charge in [0.1, 0.15) is 6.33 Å². The summed E-state index contributed by atoms with van der Waals surface area (Å²) in [5.41, 5.74) is 1.95. The number of anilines is 2. The second-order valence-corrected chi connectivity index (χ2v) is 4.49. The summed E-state index contributed by atoms with van der Waals surface area (Å²) in [4.78, 5) is 20.3. The van der Waals surface area contributed by atoms with Crippen LogP contribution < -0.4 is 16.6 Å². The Bertz CT molecular complexity index is 454. The summed E-state index contributed by atoms with van der Waals surface area (Å²) in [6, 6.07) is 0.457. The molecule has 1 aromatic rings. The van der Waals surface area contributed by atoms with Crippen molar-refractivity contribution in [2.75, 3.05) is 30.9 Å². The highest BCUT2D eigenvalue weighted by Gasteiger charge is 2.22. The Hall–Kier alpha value is -2.00. The first kappa shape index (κ1) is 16.1. The maximum absolute atomic E-state index is 11.0. The first-order valence-corrected chi connectivity index (χ1v) is 6.41. The van der Waals surface area contributed by atoms with Crippen LogP contribution in [0.3, 0.4) is 0 Å². The van der Waals surface area contributed by atoms with Gasteiger partial charge in [0.25, 0.3) is 0 Å². The zero-order chi connectivity index (χ0) is 15.1. The Balaban J connectivity index is 2.71. The molecule has 0 aliphatic carbocycles. The number of rotatable bonds is 8. The summed E-state index contributed by atoms with van der Waals surface area (Å²) in [6.07, 6.45) is 2.27. The van der Waals surface area contributed by atoms with Crippen molar-refractivity contribution < 1.29 is 4.92 Å². The van der Waals surface area contributed by atoms with Crippen molar-refractivity contribution >= 4 is 17.3 Å². The fraction of sp³-hybridized carbons (Fsp3) is 0.636. The molecule has 4 N–H and O–H groups in total. The first-order valence-electron chi connectivity index (χ1n) is 6.41. The lowest BCUT2D eigenvalue weighted by Gasteiger charge is -2.23. The Morgan fingerprint density at radius 3 is 2.70 bits per heavy atom. The highest BCUT2D eigenvalue weighted by atomic mass is 16.6. The van der Waals surface area contributed by atoms with Crippen molar-refractivity contribution in [2.45, 2.75) is 26.3 Å². The van der Waals surface area contributed by atoms with Crippen molar-refractivity contribution in [2.24, 2.45) is 5.84 Å². The van der Waals surface area contributed by atoms with E-state index in [1.165, 1.54) is 6.33 Å². The fourth-order valence-electron chi connectivity index (χ4n) is 1.67. The Kier molecular flexibility index (Phi) is 6.07. The van der Waals surface area contributed by atoms with E-state index in [0.717, 1.165) is 13.0 Å². The predicted octanol–water partition coefficient (Wildman–Crippen LogP) is 0.813. The predicted molar refractivity (Wildman–Crippen MR) is 77.4 cm³/mol. The lowest BCUT2D eigenvalue weighted by Crippen LogP contribution is -2.32. The van der Waals surface area contributed by atoms with Crippen molar-refractivity contribution in [3.05, 3.63) is 16.4 Å². The van der Waals surface area contributed by atoms with Gasteiger partial charge in [0, 0.05) is 19.1 Å². The Morgan fingerprint density at radius 1 is 1.50 bits per heavy atom. The molecule has 0 bridgehead atoms. The topological polar surface area (TPSA) is 122 Å². The molecule has 0 fully saturated rings. The van der Waals surface area contributed by atoms with Gasteiger partial charge in [0.15, 0.2) is 0 Å². The lowest BCUT2D eigenvalue weighted by atomic mass is 10.2. The Labute approximate surface area is 117 Å². The van der Waals surface area contributed by atoms with E-state index in [0.29, 0.717) is 12.6 Å². The normalized spacial score (nSPS) is 12.2. The third kappa shape index (κ3) is 4.00. The average Bonchev–Trinajstić information content (AvgIpc) is 2.45. The third-order valence-corrected chi connectivity index (χ3v) is 3.24. The maximum atomic E-state index is 11.0. The Morgan fingerprint density at radius 2 is 2.15 bits per heavy atom. The van der Waals surface area contributed by atoms with Gasteiger partial charge in [0.05, 0.1) is 4.92 Å². The van der Waals surface area contributed by atoms with Crippen LogP contribution in [0.4, 0.5) is 17.3 Å². The number of likely N-dealkylation sites (N-methyl/N-ethyl adjacent to an activating group) is 1. The van der Waals surface area contributed by atoms with Gasteiger partial charge in [-0.15, -0.1) is 0 Å². The van der Waals surface area contributed by atoms with Gasteiger partial charge < -0.3 is 15.6 Å². The number of aromatic nitrogens is 2. The molecule has 9 heteroatoms. The van der Waals surface area contributed by atoms with Crippen molar-refractivity contribution in [3.8, 4) is 0 Å². The summed E-state index contributed by atoms with van der Waals surface area (Å²) in [5, 5.41) is 14.0. The molecule has 1 rings (SSSR count). The van der Waals surface area contributed by atoms with E-state index in [1.54, 1.807) is 0 Å². The minimum atomic E-state index is -0.560. The van der Waals surface area contributed by atoms with Gasteiger partial charge >= 0.3 is 5.69 Å². The molecule has 0 aliphatic heterocycles. The lowest BCUT2D eigenvalue weighted by molar-refractivity contribution is -0.383. The van der Waals surface area contributed by atoms with E-state index in [4.69, 9.17) is 5.84 Å². The van der Waals surface area contributed by atoms with Crippen LogP contribution in [0, 0.1) is 10.1 Å². The number of hydrogen-bond donors (Lipinski definition) is 3. The number of nitro groups is 1. The van der Waals surface area contributed by atoms with Crippen LogP contribution in [0.2, 0.25) is 0 Å². The summed E-state index contributed by atoms with van der Waals surface area (Å²) < 4.78 is 0. The highest BCUT2D eigenvalue weighted by molar-refractivity contribution is 5.68. The van der Waals surface area contributed by atoms with Crippen LogP contribution >= 0.6 is 0 Å². The van der Waals surface area contributed by atoms with E-state index in [1.807, 2.05) is 7.05 Å². The number of nitrogen functional groups attached to an aromatic ring is 1. The zero-order valence-electron chi connectivity index (χ0n) is 12.0. The van der Waals surface area contributed by atoms with Gasteiger partial charge in [-0.25, -0.2) is 15.8 Å². The van der Waals surface area contributed by atoms with Crippen LogP contribution in [0.5, 0.6) is 0 Å². The number of nitrogens with two attached hydrogens (primary N) is 1. The molecular formula is C11H21N7O2. The van der Waals surface area contributed by atoms with Gasteiger partial charge in [0.2, 0.25) is 11.6 Å². The van der Waals surface area contributed by atoms with E-state index >= 15 is 0 Å². The van der Waals surface area contributed by atoms with Gasteiger partial charge in [-0.2, -0.15) is 0 Å². The molecule has 9 nitrogen and oxygen atoms in total. The molecule has 20 heavy (non-hydrogen) atoms. The standard InChI is InChI=1S/C11H21N7O2/c1-4-8(2)17(3)6-5-13-10-9(18(19)20)11(16-12)15-7-14-10/h7-8H,4-6,12H2,1-3H3,(H2,13,14,15,16). The molecule has 0 amide bonds. The summed E-state index contributed by atoms with van der Waals surface area (Å²) in [5.74, 6) is 5.36. The molecule has 1 aromatic heterocycles. The van der Waals surface area contributed by atoms with E-state index in [-0.39, 0.29) is 17.3 Å². The molecule has 1 heterocycles. The second-order valence-electron chi connectivity index (χ2n) is 4.49. The number of nitrogens with zero attached hydrogens (tertiary/aromatic N) is 4. The van der Waals surface area contributed by atoms with Gasteiger partial charge in [-0.3, -0.25) is 10.1 Å². The minimum Gasteiger partial charge on any atom is -0.363 e. The van der Waals surface area contributed by atoms with Crippen molar-refractivity contribution in [1.82, 2.24) is 14.9 Å². The zero-order valence-corrected chi connectivity index (χ0v) is 12.0. The first-order chi connectivity index (χ1) is 9.51. The molecule has 1 atom stereocenters. The fourth-order valence-corrected chi connectivity index (χ4v) is 1.67. The molecule has 0 spiro atoms. The van der Waals surface area contributed by atoms with Crippen LogP contribution in [0.1, 0.15) is 20.3 Å². The molecule has 0 saturated heterocycles. The molecular weight excluding hydrogens is 262 g/mol. The van der Waals surface area contributed by atoms with E-state index in [9.17, 15) is 10.1 Å². The smallest absolute Gasteiger partial charge is 0.354 e. The molecule has 1 unspecified atom stereocenters. The summed E-state index contributed by atoms with van der Waals surface area (Å²) >= 11 is 0. The van der Waals surface area contributed by atoms with Crippen LogP contribution in [-0.4, -0.2) is 46.0 Å². The maximum Gasteiger partial charge on any atom is 0.354 e. The number of nitrogens with one attached hydrogen (secondary N) is 2. The number of hydrogen-bond acceptors (Lipinski definition) is 8. The van der Waals surface area contributed by atoms with Crippen LogP contribution in [0.25, 0.3) is 0 Å². The van der Waals surface area contributed by atoms with Crippen molar-refractivity contribution in [1.29, 1.82) is 0 Å². The molecule has 0 aliphatic rings. The minimum absolute atomic E-state index is 0.0113. The third-order valence-electron chi connectivity index (χ3n) is 3.24. The number of hydrazine groups is 1. The molecule has 0 aromatic carbocycles. The molecule has 112 valence electrons. The highest BCUT2D eigenvalue weighted by Crippen LogP contribution is 2.27. The summed E-state index contributed by atoms with van der Waals surface area (Å²) in [6.45, 7) is 5.54. The van der Waals surface area contributed by atoms with Crippen LogP contribution in [0.15, 0.2) is 6.33 Å². The van der Waals surface area contributed by atoms with Gasteiger partial charge in [-0.1, -0.05) is 6.92 Å². The largest absolute Gasteiger partial charge is 0.363 e. The van der Waals surface area contributed by atoms with Crippen LogP contribution in [-0.2, 0) is 0 Å².